The fourth-order valence-electron chi connectivity index (χ4n) is 3.78. The molecular weight excluding hydrogens is 370 g/mol. The van der Waals surface area contributed by atoms with Crippen molar-refractivity contribution < 1.29 is 4.79 Å². The lowest BCUT2D eigenvalue weighted by Crippen LogP contribution is -2.50. The van der Waals surface area contributed by atoms with E-state index in [4.69, 9.17) is 11.6 Å². The van der Waals surface area contributed by atoms with E-state index in [1.807, 2.05) is 17.0 Å². The van der Waals surface area contributed by atoms with Crippen molar-refractivity contribution in [2.45, 2.75) is 6.04 Å². The monoisotopic (exact) mass is 391 g/mol. The van der Waals surface area contributed by atoms with E-state index in [0.717, 1.165) is 13.1 Å². The molecule has 1 aromatic heterocycles. The highest BCUT2D eigenvalue weighted by atomic mass is 35.5. The average Bonchev–Trinajstić information content (AvgIpc) is 2.76. The lowest BCUT2D eigenvalue weighted by Gasteiger charge is -2.39. The summed E-state index contributed by atoms with van der Waals surface area (Å²) in [6.45, 7) is 2.94. The Kier molecular flexibility index (Phi) is 5.70. The minimum absolute atomic E-state index is 0.0475. The molecule has 3 aromatic rings. The molecule has 0 radical (unpaired) electrons. The Morgan fingerprint density at radius 3 is 1.93 bits per heavy atom. The van der Waals surface area contributed by atoms with Gasteiger partial charge in [-0.2, -0.15) is 0 Å². The summed E-state index contributed by atoms with van der Waals surface area (Å²) < 4.78 is 0. The average molecular weight is 392 g/mol. The Balaban J connectivity index is 1.52. The van der Waals surface area contributed by atoms with Gasteiger partial charge in [0.15, 0.2) is 0 Å². The van der Waals surface area contributed by atoms with Crippen LogP contribution in [-0.4, -0.2) is 46.9 Å². The van der Waals surface area contributed by atoms with Crippen LogP contribution >= 0.6 is 11.6 Å². The van der Waals surface area contributed by atoms with Gasteiger partial charge in [0.25, 0.3) is 5.91 Å². The number of carbonyl (C=O) groups is 1. The van der Waals surface area contributed by atoms with Crippen molar-refractivity contribution in [2.24, 2.45) is 0 Å². The molecule has 1 fully saturated rings. The Morgan fingerprint density at radius 2 is 1.39 bits per heavy atom. The summed E-state index contributed by atoms with van der Waals surface area (Å²) in [5, 5.41) is 0.265. The molecule has 0 unspecified atom stereocenters. The SMILES string of the molecule is O=C(c1cccnc1Cl)N1CCN(C(c2ccccc2)c2ccccc2)CC1. The molecule has 1 amide bonds. The second-order valence-electron chi connectivity index (χ2n) is 6.89. The predicted molar refractivity (Wildman–Crippen MR) is 111 cm³/mol. The van der Waals surface area contributed by atoms with Crippen molar-refractivity contribution in [1.29, 1.82) is 0 Å². The van der Waals surface area contributed by atoms with Gasteiger partial charge in [0.2, 0.25) is 0 Å². The first-order valence-corrected chi connectivity index (χ1v) is 9.85. The first-order valence-electron chi connectivity index (χ1n) is 9.48. The second-order valence-corrected chi connectivity index (χ2v) is 7.25. The molecule has 4 nitrogen and oxygen atoms in total. The summed E-state index contributed by atoms with van der Waals surface area (Å²) in [6, 6.07) is 24.7. The number of piperazine rings is 1. The third kappa shape index (κ3) is 3.93. The smallest absolute Gasteiger partial charge is 0.257 e. The van der Waals surface area contributed by atoms with Crippen molar-refractivity contribution in [3.05, 3.63) is 101 Å². The Morgan fingerprint density at radius 1 is 0.821 bits per heavy atom. The molecule has 2 aromatic carbocycles. The van der Waals surface area contributed by atoms with Crippen molar-refractivity contribution in [2.75, 3.05) is 26.2 Å². The number of halogens is 1. The summed E-state index contributed by atoms with van der Waals surface area (Å²) in [6.07, 6.45) is 1.60. The van der Waals surface area contributed by atoms with E-state index in [1.54, 1.807) is 18.3 Å². The van der Waals surface area contributed by atoms with Crippen LogP contribution in [0.1, 0.15) is 27.5 Å². The summed E-state index contributed by atoms with van der Waals surface area (Å²) in [4.78, 5) is 21.2. The molecular formula is C23H22ClN3O. The van der Waals surface area contributed by atoms with Crippen molar-refractivity contribution in [3.8, 4) is 0 Å². The maximum absolute atomic E-state index is 12.8. The number of hydrogen-bond donors (Lipinski definition) is 0. The van der Waals surface area contributed by atoms with Gasteiger partial charge in [-0.1, -0.05) is 72.3 Å². The van der Waals surface area contributed by atoms with Gasteiger partial charge in [-0.25, -0.2) is 4.98 Å². The fourth-order valence-corrected chi connectivity index (χ4v) is 3.98. The van der Waals surface area contributed by atoms with Crippen LogP contribution in [0.2, 0.25) is 5.15 Å². The van der Waals surface area contributed by atoms with Crippen LogP contribution < -0.4 is 0 Å². The molecule has 0 N–H and O–H groups in total. The number of pyridine rings is 1. The molecule has 28 heavy (non-hydrogen) atoms. The van der Waals surface area contributed by atoms with Crippen molar-refractivity contribution in [3.63, 3.8) is 0 Å². The Bertz CT molecular complexity index is 885. The Hall–Kier alpha value is -2.69. The Labute approximate surface area is 170 Å². The molecule has 0 bridgehead atoms. The summed E-state index contributed by atoms with van der Waals surface area (Å²) in [5.74, 6) is -0.0475. The molecule has 0 spiro atoms. The molecule has 142 valence electrons. The maximum Gasteiger partial charge on any atom is 0.257 e. The largest absolute Gasteiger partial charge is 0.336 e. The summed E-state index contributed by atoms with van der Waals surface area (Å²) in [7, 11) is 0. The molecule has 1 aliphatic heterocycles. The topological polar surface area (TPSA) is 36.4 Å². The molecule has 0 atom stereocenters. The number of carbonyl (C=O) groups excluding carboxylic acids is 1. The lowest BCUT2D eigenvalue weighted by molar-refractivity contribution is 0.0597. The summed E-state index contributed by atoms with van der Waals surface area (Å²) >= 11 is 6.11. The van der Waals surface area contributed by atoms with Crippen LogP contribution in [0, 0.1) is 0 Å². The van der Waals surface area contributed by atoms with Crippen LogP contribution in [0.3, 0.4) is 0 Å². The molecule has 0 aliphatic carbocycles. The number of rotatable bonds is 4. The third-order valence-electron chi connectivity index (χ3n) is 5.19. The van der Waals surface area contributed by atoms with E-state index >= 15 is 0 Å². The minimum Gasteiger partial charge on any atom is -0.336 e. The normalized spacial score (nSPS) is 15.0. The number of hydrogen-bond acceptors (Lipinski definition) is 3. The quantitative estimate of drug-likeness (QED) is 0.623. The van der Waals surface area contributed by atoms with E-state index in [-0.39, 0.29) is 17.1 Å². The van der Waals surface area contributed by atoms with Gasteiger partial charge in [0.05, 0.1) is 11.6 Å². The van der Waals surface area contributed by atoms with Gasteiger partial charge in [0, 0.05) is 32.4 Å². The lowest BCUT2D eigenvalue weighted by atomic mass is 9.96. The van der Waals surface area contributed by atoms with E-state index in [0.29, 0.717) is 18.7 Å². The van der Waals surface area contributed by atoms with Crippen molar-refractivity contribution in [1.82, 2.24) is 14.8 Å². The van der Waals surface area contributed by atoms with E-state index in [2.05, 4.69) is 58.4 Å². The highest BCUT2D eigenvalue weighted by Crippen LogP contribution is 2.29. The van der Waals surface area contributed by atoms with Crippen LogP contribution in [0.4, 0.5) is 0 Å². The zero-order chi connectivity index (χ0) is 19.3. The van der Waals surface area contributed by atoms with Gasteiger partial charge >= 0.3 is 0 Å². The third-order valence-corrected chi connectivity index (χ3v) is 5.49. The molecule has 2 heterocycles. The predicted octanol–water partition coefficient (Wildman–Crippen LogP) is 4.28. The van der Waals surface area contributed by atoms with E-state index in [9.17, 15) is 4.79 Å². The maximum atomic E-state index is 12.8. The number of nitrogens with zero attached hydrogens (tertiary/aromatic N) is 3. The zero-order valence-corrected chi connectivity index (χ0v) is 16.3. The van der Waals surface area contributed by atoms with Gasteiger partial charge in [-0.15, -0.1) is 0 Å². The fraction of sp³-hybridized carbons (Fsp3) is 0.217. The highest BCUT2D eigenvalue weighted by Gasteiger charge is 2.29. The van der Waals surface area contributed by atoms with Crippen LogP contribution in [0.5, 0.6) is 0 Å². The van der Waals surface area contributed by atoms with E-state index in [1.165, 1.54) is 11.1 Å². The van der Waals surface area contributed by atoms with Crippen LogP contribution in [-0.2, 0) is 0 Å². The molecule has 0 saturated carbocycles. The molecule has 1 aliphatic rings. The van der Waals surface area contributed by atoms with Gasteiger partial charge in [-0.3, -0.25) is 9.69 Å². The molecule has 4 rings (SSSR count). The summed E-state index contributed by atoms with van der Waals surface area (Å²) in [5.41, 5.74) is 3.01. The van der Waals surface area contributed by atoms with Crippen LogP contribution in [0.25, 0.3) is 0 Å². The minimum atomic E-state index is -0.0475. The van der Waals surface area contributed by atoms with Crippen LogP contribution in [0.15, 0.2) is 79.0 Å². The first kappa shape index (κ1) is 18.7. The standard InChI is InChI=1S/C23H22ClN3O/c24-22-20(12-7-13-25-22)23(28)27-16-14-26(15-17-27)21(18-8-3-1-4-9-18)19-10-5-2-6-11-19/h1-13,21H,14-17H2. The number of benzene rings is 2. The zero-order valence-electron chi connectivity index (χ0n) is 15.5. The first-order chi connectivity index (χ1) is 13.7. The van der Waals surface area contributed by atoms with Crippen molar-refractivity contribution >= 4 is 17.5 Å². The molecule has 1 saturated heterocycles. The number of amides is 1. The van der Waals surface area contributed by atoms with Gasteiger partial charge < -0.3 is 4.90 Å². The molecule has 5 heteroatoms. The van der Waals surface area contributed by atoms with E-state index < -0.39 is 0 Å². The van der Waals surface area contributed by atoms with Gasteiger partial charge in [-0.05, 0) is 23.3 Å². The number of aromatic nitrogens is 1. The highest BCUT2D eigenvalue weighted by molar-refractivity contribution is 6.32. The second kappa shape index (κ2) is 8.55. The van der Waals surface area contributed by atoms with Gasteiger partial charge in [0.1, 0.15) is 5.15 Å².